The lowest BCUT2D eigenvalue weighted by atomic mass is 9.84. The van der Waals surface area contributed by atoms with Crippen LogP contribution in [0.2, 0.25) is 0 Å². The highest BCUT2D eigenvalue weighted by Gasteiger charge is 2.48. The first kappa shape index (κ1) is 43.4. The predicted molar refractivity (Wildman–Crippen MR) is 198 cm³/mol. The summed E-state index contributed by atoms with van der Waals surface area (Å²) in [5.41, 5.74) is -2.22. The summed E-state index contributed by atoms with van der Waals surface area (Å²) in [5, 5.41) is 24.6. The zero-order chi connectivity index (χ0) is 40.1. The number of amides is 6. The summed E-state index contributed by atoms with van der Waals surface area (Å²) in [7, 11) is 3.11. The number of aliphatic hydroxyl groups is 1. The van der Waals surface area contributed by atoms with E-state index in [-0.39, 0.29) is 31.2 Å². The van der Waals surface area contributed by atoms with Crippen LogP contribution in [0.3, 0.4) is 0 Å². The number of likely N-dealkylation sites (tertiary alicyclic amines) is 1. The van der Waals surface area contributed by atoms with E-state index in [0.29, 0.717) is 12.0 Å². The van der Waals surface area contributed by atoms with Crippen molar-refractivity contribution >= 4 is 52.7 Å². The van der Waals surface area contributed by atoms with Crippen LogP contribution in [-0.2, 0) is 33.5 Å². The second kappa shape index (κ2) is 17.4. The maximum Gasteiger partial charge on any atom is 0.408 e. The predicted octanol–water partition coefficient (Wildman–Crippen LogP) is 2.28. The minimum atomic E-state index is -1.24. The molecule has 2 heterocycles. The summed E-state index contributed by atoms with van der Waals surface area (Å²) in [6.07, 6.45) is 1.55. The summed E-state index contributed by atoms with van der Waals surface area (Å²) >= 11 is 1.36. The van der Waals surface area contributed by atoms with Gasteiger partial charge in [0.25, 0.3) is 5.91 Å². The minimum Gasteiger partial charge on any atom is -0.444 e. The molecule has 296 valence electrons. The van der Waals surface area contributed by atoms with Crippen LogP contribution in [0.5, 0.6) is 0 Å². The highest BCUT2D eigenvalue weighted by atomic mass is 32.1. The Kier molecular flexibility index (Phi) is 14.2. The number of nitrogens with zero attached hydrogens (tertiary/aromatic N) is 2. The van der Waals surface area contributed by atoms with Gasteiger partial charge < -0.3 is 40.9 Å². The fourth-order valence-corrected chi connectivity index (χ4v) is 7.02. The van der Waals surface area contributed by atoms with Gasteiger partial charge in [-0.25, -0.2) is 4.79 Å². The number of carbonyl (C=O) groups is 7. The van der Waals surface area contributed by atoms with Crippen LogP contribution in [0.4, 0.5) is 4.79 Å². The smallest absolute Gasteiger partial charge is 0.408 e. The van der Waals surface area contributed by atoms with Gasteiger partial charge in [0.2, 0.25) is 29.4 Å². The van der Waals surface area contributed by atoms with E-state index in [1.165, 1.54) is 21.1 Å². The van der Waals surface area contributed by atoms with Gasteiger partial charge in [0.1, 0.15) is 23.7 Å². The summed E-state index contributed by atoms with van der Waals surface area (Å²) in [6, 6.07) is -2.72. The molecular weight excluding hydrogens is 705 g/mol. The van der Waals surface area contributed by atoms with Crippen molar-refractivity contribution in [3.05, 3.63) is 22.4 Å². The van der Waals surface area contributed by atoms with Gasteiger partial charge in [0.15, 0.2) is 0 Å². The third-order valence-electron chi connectivity index (χ3n) is 9.01. The first-order valence-corrected chi connectivity index (χ1v) is 19.0. The van der Waals surface area contributed by atoms with Gasteiger partial charge >= 0.3 is 6.09 Å². The zero-order valence-electron chi connectivity index (χ0n) is 32.7. The molecular formula is C37H58N6O9S. The van der Waals surface area contributed by atoms with E-state index in [9.17, 15) is 38.7 Å². The van der Waals surface area contributed by atoms with E-state index in [1.54, 1.807) is 86.3 Å². The quantitative estimate of drug-likeness (QED) is 0.166. The molecule has 53 heavy (non-hydrogen) atoms. The molecule has 0 spiro atoms. The molecule has 2 unspecified atom stereocenters. The Morgan fingerprint density at radius 2 is 1.60 bits per heavy atom. The number of thiophene rings is 1. The van der Waals surface area contributed by atoms with E-state index in [1.807, 2.05) is 0 Å². The summed E-state index contributed by atoms with van der Waals surface area (Å²) in [6.45, 7) is 13.2. The molecule has 0 aromatic carbocycles. The van der Waals surface area contributed by atoms with E-state index < -0.39 is 88.8 Å². The molecule has 1 aromatic rings. The van der Waals surface area contributed by atoms with Crippen LogP contribution >= 0.6 is 11.3 Å². The SMILES string of the molecule is CN(C)C(=O)C(NC(=O)CNC(=O)C(=O)C(CC1CC1)NC(=O)[C@@H]1[C@@H](CC(C)(C)O)CCN1C(=O)[C@@H](NC(=O)OC(C)(C)C)C(C)(C)C)c1ccsc1. The monoisotopic (exact) mass is 762 g/mol. The fraction of sp³-hybridized carbons (Fsp3) is 0.703. The molecule has 1 aliphatic carbocycles. The number of carbonyl (C=O) groups excluding carboxylic acids is 7. The maximum atomic E-state index is 14.2. The van der Waals surface area contributed by atoms with Crippen molar-refractivity contribution in [3.8, 4) is 0 Å². The Morgan fingerprint density at radius 1 is 0.962 bits per heavy atom. The second-order valence-electron chi connectivity index (χ2n) is 17.1. The van der Waals surface area contributed by atoms with Crippen LogP contribution in [0, 0.1) is 17.3 Å². The Morgan fingerprint density at radius 3 is 2.11 bits per heavy atom. The molecule has 0 bridgehead atoms. The lowest BCUT2D eigenvalue weighted by Gasteiger charge is -2.37. The van der Waals surface area contributed by atoms with Gasteiger partial charge in [0, 0.05) is 20.6 Å². The average Bonchev–Trinajstić information content (AvgIpc) is 3.48. The number of ketones is 1. The maximum absolute atomic E-state index is 14.2. The lowest BCUT2D eigenvalue weighted by molar-refractivity contribution is -0.145. The number of ether oxygens (including phenoxy) is 1. The minimum absolute atomic E-state index is 0.0977. The first-order chi connectivity index (χ1) is 24.4. The third-order valence-corrected chi connectivity index (χ3v) is 9.71. The Balaban J connectivity index is 1.80. The van der Waals surface area contributed by atoms with Crippen LogP contribution in [0.25, 0.3) is 0 Å². The normalized spacial score (nSPS) is 19.3. The van der Waals surface area contributed by atoms with Crippen molar-refractivity contribution in [1.82, 2.24) is 31.1 Å². The van der Waals surface area contributed by atoms with E-state index in [4.69, 9.17) is 4.74 Å². The van der Waals surface area contributed by atoms with Crippen molar-refractivity contribution in [3.63, 3.8) is 0 Å². The van der Waals surface area contributed by atoms with E-state index in [2.05, 4.69) is 21.3 Å². The molecule has 0 radical (unpaired) electrons. The molecule has 16 heteroatoms. The molecule has 6 amide bonds. The van der Waals surface area contributed by atoms with Crippen molar-refractivity contribution in [1.29, 1.82) is 0 Å². The molecule has 15 nitrogen and oxygen atoms in total. The molecule has 3 rings (SSSR count). The van der Waals surface area contributed by atoms with Gasteiger partial charge in [-0.3, -0.25) is 28.8 Å². The van der Waals surface area contributed by atoms with Crippen LogP contribution in [-0.4, -0.2) is 113 Å². The number of nitrogens with one attached hydrogen (secondary N) is 4. The standard InChI is InChI=1S/C37H58N6O9S/c1-35(2,3)29(41-34(50)52-36(4,5)6)33(49)43-15-13-22(18-37(7,8)51)27(43)30(46)39-24(17-21-11-12-21)28(45)31(47)38-19-25(44)40-26(32(48)42(9)10)23-14-16-53-20-23/h14,16,20-22,24,26-27,29,51H,11-13,15,17-19H2,1-10H3,(H,38,47)(H,39,46)(H,40,44)(H,41,50)/t22-,24?,26?,27+,29-/m1/s1. The van der Waals surface area contributed by atoms with Crippen LogP contribution in [0.1, 0.15) is 99.1 Å². The molecule has 2 fully saturated rings. The topological polar surface area (TPSA) is 204 Å². The Hall–Kier alpha value is -4.05. The number of alkyl carbamates (subject to hydrolysis) is 1. The van der Waals surface area contributed by atoms with Crippen LogP contribution < -0.4 is 21.3 Å². The number of rotatable bonds is 15. The number of likely N-dealkylation sites (N-methyl/N-ethyl adjacent to an activating group) is 1. The zero-order valence-corrected chi connectivity index (χ0v) is 33.5. The Labute approximate surface area is 316 Å². The lowest BCUT2D eigenvalue weighted by Crippen LogP contribution is -2.60. The van der Waals surface area contributed by atoms with E-state index in [0.717, 1.165) is 12.8 Å². The number of Topliss-reactive ketones (excluding diaryl/α,β-unsaturated/α-hetero) is 1. The largest absolute Gasteiger partial charge is 0.444 e. The third kappa shape index (κ3) is 13.1. The molecule has 1 saturated heterocycles. The summed E-state index contributed by atoms with van der Waals surface area (Å²) in [4.78, 5) is 96.3. The highest BCUT2D eigenvalue weighted by molar-refractivity contribution is 7.08. The van der Waals surface area contributed by atoms with Crippen molar-refractivity contribution < 1.29 is 43.4 Å². The van der Waals surface area contributed by atoms with Crippen molar-refractivity contribution in [2.75, 3.05) is 27.2 Å². The summed E-state index contributed by atoms with van der Waals surface area (Å²) < 4.78 is 5.42. The fourth-order valence-electron chi connectivity index (χ4n) is 6.33. The van der Waals surface area contributed by atoms with Crippen molar-refractivity contribution in [2.24, 2.45) is 17.3 Å². The van der Waals surface area contributed by atoms with Gasteiger partial charge in [-0.15, -0.1) is 0 Å². The van der Waals surface area contributed by atoms with Gasteiger partial charge in [-0.1, -0.05) is 33.6 Å². The second-order valence-corrected chi connectivity index (χ2v) is 17.8. The number of hydrogen-bond donors (Lipinski definition) is 5. The first-order valence-electron chi connectivity index (χ1n) is 18.1. The average molecular weight is 763 g/mol. The summed E-state index contributed by atoms with van der Waals surface area (Å²) in [5.74, 6) is -4.70. The molecule has 2 aliphatic rings. The Bertz CT molecular complexity index is 1510. The molecule has 1 saturated carbocycles. The van der Waals surface area contributed by atoms with Gasteiger partial charge in [-0.2, -0.15) is 11.3 Å². The van der Waals surface area contributed by atoms with Gasteiger partial charge in [0.05, 0.1) is 18.2 Å². The van der Waals surface area contributed by atoms with Gasteiger partial charge in [-0.05, 0) is 93.5 Å². The molecule has 5 N–H and O–H groups in total. The number of hydrogen-bond acceptors (Lipinski definition) is 10. The van der Waals surface area contributed by atoms with Crippen LogP contribution in [0.15, 0.2) is 16.8 Å². The molecule has 1 aliphatic heterocycles. The van der Waals surface area contributed by atoms with Crippen molar-refractivity contribution in [2.45, 2.75) is 123 Å². The van der Waals surface area contributed by atoms with E-state index >= 15 is 0 Å². The highest BCUT2D eigenvalue weighted by Crippen LogP contribution is 2.36. The molecule has 1 aromatic heterocycles. The molecule has 5 atom stereocenters.